The number of thiophene rings is 1. The number of piperidine rings is 1. The van der Waals surface area contributed by atoms with Crippen LogP contribution in [0.3, 0.4) is 0 Å². The summed E-state index contributed by atoms with van der Waals surface area (Å²) in [5, 5.41) is 3.50. The van der Waals surface area contributed by atoms with Crippen LogP contribution in [-0.4, -0.2) is 46.4 Å². The molecule has 174 valence electrons. The van der Waals surface area contributed by atoms with Gasteiger partial charge in [0.15, 0.2) is 5.13 Å². The predicted octanol–water partition coefficient (Wildman–Crippen LogP) is 4.73. The molecular formula is C24H27N3O4S2. The fraction of sp³-hybridized carbons (Fsp3) is 0.417. The summed E-state index contributed by atoms with van der Waals surface area (Å²) >= 11 is 2.95. The Bertz CT molecular complexity index is 1140. The van der Waals surface area contributed by atoms with Crippen molar-refractivity contribution in [1.29, 1.82) is 0 Å². The Kier molecular flexibility index (Phi) is 6.81. The largest absolute Gasteiger partial charge is 0.453 e. The fourth-order valence-corrected chi connectivity index (χ4v) is 5.65. The predicted molar refractivity (Wildman–Crippen MR) is 131 cm³/mol. The van der Waals surface area contributed by atoms with Crippen molar-refractivity contribution in [3.63, 3.8) is 0 Å². The number of nitrogens with zero attached hydrogens (tertiary/aromatic N) is 2. The number of ether oxygens (including phenoxy) is 1. The number of fused-ring (bicyclic) bond motifs is 1. The van der Waals surface area contributed by atoms with Crippen LogP contribution in [0, 0.1) is 5.92 Å². The van der Waals surface area contributed by atoms with Crippen LogP contribution in [0.25, 0.3) is 10.2 Å². The number of likely N-dealkylation sites (tertiary alicyclic amines) is 1. The maximum absolute atomic E-state index is 12.7. The third-order valence-electron chi connectivity index (χ3n) is 5.36. The van der Waals surface area contributed by atoms with E-state index in [-0.39, 0.29) is 5.91 Å². The van der Waals surface area contributed by atoms with Crippen molar-refractivity contribution in [2.75, 3.05) is 18.4 Å². The standard InChI is InChI=1S/C24H27N3O4S2/c1-24(2,3)31-22(30)21(29)27-12-10-15(11-13-27)14-16-8-9-19(32-16)20(28)26-23-25-17-6-4-5-7-18(17)33-23/h4-9,15H,10-14H2,1-3H3,(H,25,26,28). The Labute approximate surface area is 200 Å². The second-order valence-electron chi connectivity index (χ2n) is 9.15. The minimum atomic E-state index is -0.789. The summed E-state index contributed by atoms with van der Waals surface area (Å²) in [7, 11) is 0. The number of aromatic nitrogens is 1. The second-order valence-corrected chi connectivity index (χ2v) is 11.3. The van der Waals surface area contributed by atoms with E-state index in [1.165, 1.54) is 22.7 Å². The Morgan fingerprint density at radius 1 is 1.09 bits per heavy atom. The van der Waals surface area contributed by atoms with Crippen molar-refractivity contribution in [1.82, 2.24) is 9.88 Å². The molecule has 1 saturated heterocycles. The van der Waals surface area contributed by atoms with Gasteiger partial charge in [-0.25, -0.2) is 9.78 Å². The van der Waals surface area contributed by atoms with Crippen LogP contribution in [0.5, 0.6) is 0 Å². The molecule has 0 atom stereocenters. The lowest BCUT2D eigenvalue weighted by Crippen LogP contribution is -2.44. The number of carbonyl (C=O) groups excluding carboxylic acids is 3. The van der Waals surface area contributed by atoms with E-state index >= 15 is 0 Å². The molecule has 4 rings (SSSR count). The summed E-state index contributed by atoms with van der Waals surface area (Å²) in [6.45, 7) is 6.33. The molecule has 2 amide bonds. The molecule has 0 spiro atoms. The van der Waals surface area contributed by atoms with E-state index in [9.17, 15) is 14.4 Å². The van der Waals surface area contributed by atoms with Gasteiger partial charge in [0.1, 0.15) is 5.60 Å². The molecular weight excluding hydrogens is 458 g/mol. The van der Waals surface area contributed by atoms with Crippen LogP contribution in [0.15, 0.2) is 36.4 Å². The number of carbonyl (C=O) groups is 3. The Hall–Kier alpha value is -2.78. The van der Waals surface area contributed by atoms with Gasteiger partial charge in [-0.15, -0.1) is 11.3 Å². The minimum Gasteiger partial charge on any atom is -0.453 e. The van der Waals surface area contributed by atoms with Gasteiger partial charge >= 0.3 is 11.9 Å². The Morgan fingerprint density at radius 3 is 2.52 bits per heavy atom. The first-order chi connectivity index (χ1) is 15.7. The number of nitrogens with one attached hydrogen (secondary N) is 1. The second kappa shape index (κ2) is 9.61. The molecule has 9 heteroatoms. The van der Waals surface area contributed by atoms with Crippen molar-refractivity contribution >= 4 is 55.8 Å². The molecule has 1 aliphatic rings. The molecule has 3 aromatic rings. The molecule has 1 aliphatic heterocycles. The molecule has 0 unspecified atom stereocenters. The van der Waals surface area contributed by atoms with Crippen LogP contribution in [-0.2, 0) is 20.7 Å². The van der Waals surface area contributed by atoms with Crippen molar-refractivity contribution in [2.24, 2.45) is 5.92 Å². The minimum absolute atomic E-state index is 0.150. The Balaban J connectivity index is 1.28. The van der Waals surface area contributed by atoms with E-state index in [2.05, 4.69) is 10.3 Å². The van der Waals surface area contributed by atoms with Crippen LogP contribution in [0.4, 0.5) is 5.13 Å². The van der Waals surface area contributed by atoms with Gasteiger partial charge in [-0.05, 0) is 70.2 Å². The highest BCUT2D eigenvalue weighted by Gasteiger charge is 2.30. The highest BCUT2D eigenvalue weighted by atomic mass is 32.1. The van der Waals surface area contributed by atoms with E-state index in [4.69, 9.17) is 4.74 Å². The molecule has 0 aliphatic carbocycles. The molecule has 1 fully saturated rings. The van der Waals surface area contributed by atoms with E-state index < -0.39 is 17.5 Å². The van der Waals surface area contributed by atoms with Crippen molar-refractivity contribution in [3.8, 4) is 0 Å². The number of para-hydroxylation sites is 1. The lowest BCUT2D eigenvalue weighted by molar-refractivity contribution is -0.168. The summed E-state index contributed by atoms with van der Waals surface area (Å²) in [5.41, 5.74) is 0.197. The highest BCUT2D eigenvalue weighted by molar-refractivity contribution is 7.22. The summed E-state index contributed by atoms with van der Waals surface area (Å²) in [6, 6.07) is 11.6. The monoisotopic (exact) mass is 485 g/mol. The zero-order valence-corrected chi connectivity index (χ0v) is 20.6. The van der Waals surface area contributed by atoms with E-state index in [0.717, 1.165) is 34.4 Å². The van der Waals surface area contributed by atoms with Gasteiger partial charge in [0.05, 0.1) is 15.1 Å². The van der Waals surface area contributed by atoms with Crippen molar-refractivity contribution < 1.29 is 19.1 Å². The number of hydrogen-bond acceptors (Lipinski definition) is 7. The summed E-state index contributed by atoms with van der Waals surface area (Å²) in [6.07, 6.45) is 2.49. The number of anilines is 1. The molecule has 0 saturated carbocycles. The molecule has 33 heavy (non-hydrogen) atoms. The van der Waals surface area contributed by atoms with Gasteiger partial charge in [0.25, 0.3) is 5.91 Å². The van der Waals surface area contributed by atoms with E-state index in [0.29, 0.717) is 29.0 Å². The molecule has 0 radical (unpaired) electrons. The lowest BCUT2D eigenvalue weighted by atomic mass is 9.93. The normalized spacial score (nSPS) is 14.9. The van der Waals surface area contributed by atoms with Gasteiger partial charge < -0.3 is 9.64 Å². The number of amides is 2. The smallest absolute Gasteiger partial charge is 0.397 e. The average Bonchev–Trinajstić information content (AvgIpc) is 3.39. The van der Waals surface area contributed by atoms with Crippen LogP contribution in [0.2, 0.25) is 0 Å². The maximum atomic E-state index is 12.7. The number of rotatable bonds is 4. The molecule has 2 aromatic heterocycles. The third kappa shape index (κ3) is 5.97. The maximum Gasteiger partial charge on any atom is 0.397 e. The quantitative estimate of drug-likeness (QED) is 0.426. The molecule has 7 nitrogen and oxygen atoms in total. The van der Waals surface area contributed by atoms with Crippen LogP contribution < -0.4 is 5.32 Å². The highest BCUT2D eigenvalue weighted by Crippen LogP contribution is 2.29. The van der Waals surface area contributed by atoms with E-state index in [1.807, 2.05) is 36.4 Å². The number of thiazole rings is 1. The van der Waals surface area contributed by atoms with Gasteiger partial charge in [0.2, 0.25) is 0 Å². The molecule has 1 N–H and O–H groups in total. The lowest BCUT2D eigenvalue weighted by Gasteiger charge is -2.32. The van der Waals surface area contributed by atoms with Crippen molar-refractivity contribution in [3.05, 3.63) is 46.2 Å². The number of benzene rings is 1. The molecule has 0 bridgehead atoms. The Morgan fingerprint density at radius 2 is 1.82 bits per heavy atom. The number of hydrogen-bond donors (Lipinski definition) is 1. The third-order valence-corrected chi connectivity index (χ3v) is 7.42. The van der Waals surface area contributed by atoms with Gasteiger partial charge in [-0.3, -0.25) is 14.9 Å². The van der Waals surface area contributed by atoms with Crippen molar-refractivity contribution in [2.45, 2.75) is 45.6 Å². The van der Waals surface area contributed by atoms with Gasteiger partial charge in [0, 0.05) is 18.0 Å². The topological polar surface area (TPSA) is 88.6 Å². The number of esters is 1. The van der Waals surface area contributed by atoms with Gasteiger partial charge in [-0.1, -0.05) is 23.5 Å². The van der Waals surface area contributed by atoms with Crippen LogP contribution in [0.1, 0.15) is 48.2 Å². The van der Waals surface area contributed by atoms with E-state index in [1.54, 1.807) is 25.7 Å². The summed E-state index contributed by atoms with van der Waals surface area (Å²) in [4.78, 5) is 44.8. The molecule has 1 aromatic carbocycles. The zero-order chi connectivity index (χ0) is 23.6. The van der Waals surface area contributed by atoms with Gasteiger partial charge in [-0.2, -0.15) is 0 Å². The summed E-state index contributed by atoms with van der Waals surface area (Å²) in [5.74, 6) is -1.09. The van der Waals surface area contributed by atoms with Crippen LogP contribution >= 0.6 is 22.7 Å². The fourth-order valence-electron chi connectivity index (χ4n) is 3.77. The molecule has 3 heterocycles. The summed E-state index contributed by atoms with van der Waals surface area (Å²) < 4.78 is 6.23. The first-order valence-corrected chi connectivity index (χ1v) is 12.6. The average molecular weight is 486 g/mol. The first kappa shape index (κ1) is 23.4. The SMILES string of the molecule is CC(C)(C)OC(=O)C(=O)N1CCC(Cc2ccc(C(=O)Nc3nc4ccccc4s3)s2)CC1. The zero-order valence-electron chi connectivity index (χ0n) is 18.9. The first-order valence-electron chi connectivity index (χ1n) is 11.0.